The number of rotatable bonds is 4. The van der Waals surface area contributed by atoms with Gasteiger partial charge in [-0.05, 0) is 24.6 Å². The van der Waals surface area contributed by atoms with Crippen molar-refractivity contribution in [2.45, 2.75) is 42.9 Å². The average Bonchev–Trinajstić information content (AvgIpc) is 3.12. The van der Waals surface area contributed by atoms with Crippen molar-refractivity contribution in [1.82, 2.24) is 9.55 Å². The van der Waals surface area contributed by atoms with Crippen LogP contribution in [0, 0.1) is 23.2 Å². The molecule has 3 atom stereocenters. The van der Waals surface area contributed by atoms with E-state index >= 15 is 0 Å². The molecule has 2 heterocycles. The van der Waals surface area contributed by atoms with Crippen LogP contribution in [0.3, 0.4) is 0 Å². The molecule has 29 heavy (non-hydrogen) atoms. The average molecular weight is 431 g/mol. The van der Waals surface area contributed by atoms with Gasteiger partial charge >= 0.3 is 0 Å². The molecule has 1 aliphatic carbocycles. The summed E-state index contributed by atoms with van der Waals surface area (Å²) in [5.74, 6) is 2.53. The number of aliphatic imine (C=N–C) groups is 1. The minimum Gasteiger partial charge on any atom is -0.378 e. The van der Waals surface area contributed by atoms with Gasteiger partial charge in [0.1, 0.15) is 26.1 Å². The standard InChI is InChI=1S/C21H24F2N4SSi/c1-29(2,3)9-6-15-4-5-17(23)16(10-15)21(12-22)18-11-20(18,28-19(24)26-21)13-27-8-7-25-14-27/h4-5,7-8,10,14,18H,11-13H2,1-3H3,(H2,24,26)/t18-,20-,21-/m1/s1. The van der Waals surface area contributed by atoms with Gasteiger partial charge in [-0.25, -0.2) is 18.8 Å². The highest BCUT2D eigenvalue weighted by molar-refractivity contribution is 8.15. The SMILES string of the molecule is C[Si](C)(C)C#Cc1ccc(F)c([C@@]2(CF)N=C(N)S[C@@]3(Cn4ccnc4)C[C@H]32)c1. The van der Waals surface area contributed by atoms with Gasteiger partial charge in [0.15, 0.2) is 5.17 Å². The first-order valence-electron chi connectivity index (χ1n) is 9.57. The molecule has 0 saturated heterocycles. The van der Waals surface area contributed by atoms with Crippen LogP contribution in [0.1, 0.15) is 17.5 Å². The first-order valence-corrected chi connectivity index (χ1v) is 13.9. The third-order valence-corrected chi connectivity index (χ3v) is 7.61. The fourth-order valence-corrected chi connectivity index (χ4v) is 5.99. The fraction of sp³-hybridized carbons (Fsp3) is 0.429. The number of imidazole rings is 1. The third-order valence-electron chi connectivity index (χ3n) is 5.45. The van der Waals surface area contributed by atoms with E-state index in [1.54, 1.807) is 24.7 Å². The molecule has 4 nitrogen and oxygen atoms in total. The highest BCUT2D eigenvalue weighted by Crippen LogP contribution is 2.66. The molecule has 1 aromatic heterocycles. The van der Waals surface area contributed by atoms with Gasteiger partial charge in [0.05, 0.1) is 6.33 Å². The van der Waals surface area contributed by atoms with Gasteiger partial charge in [-0.2, -0.15) is 0 Å². The summed E-state index contributed by atoms with van der Waals surface area (Å²) in [5, 5.41) is 0.300. The van der Waals surface area contributed by atoms with Crippen molar-refractivity contribution in [2.75, 3.05) is 6.67 Å². The zero-order valence-corrected chi connectivity index (χ0v) is 18.6. The molecule has 2 aliphatic rings. The van der Waals surface area contributed by atoms with Gasteiger partial charge in [0, 0.05) is 40.7 Å². The molecule has 1 aliphatic heterocycles. The van der Waals surface area contributed by atoms with E-state index in [4.69, 9.17) is 5.73 Å². The number of benzene rings is 1. The summed E-state index contributed by atoms with van der Waals surface area (Å²) >= 11 is 1.46. The number of halogens is 2. The van der Waals surface area contributed by atoms with Crippen LogP contribution in [0.2, 0.25) is 19.6 Å². The van der Waals surface area contributed by atoms with Crippen LogP contribution >= 0.6 is 11.8 Å². The number of hydrogen-bond acceptors (Lipinski definition) is 4. The summed E-state index contributed by atoms with van der Waals surface area (Å²) in [6, 6.07) is 4.68. The van der Waals surface area contributed by atoms with Crippen molar-refractivity contribution >= 4 is 25.0 Å². The van der Waals surface area contributed by atoms with Crippen LogP contribution in [0.5, 0.6) is 0 Å². The second kappa shape index (κ2) is 6.99. The van der Waals surface area contributed by atoms with E-state index in [0.717, 1.165) is 0 Å². The van der Waals surface area contributed by atoms with E-state index in [9.17, 15) is 8.78 Å². The van der Waals surface area contributed by atoms with Gasteiger partial charge < -0.3 is 10.3 Å². The largest absolute Gasteiger partial charge is 0.378 e. The predicted octanol–water partition coefficient (Wildman–Crippen LogP) is 3.94. The Balaban J connectivity index is 1.76. The molecule has 8 heteroatoms. The summed E-state index contributed by atoms with van der Waals surface area (Å²) < 4.78 is 31.2. The van der Waals surface area contributed by atoms with Crippen molar-refractivity contribution < 1.29 is 8.78 Å². The quantitative estimate of drug-likeness (QED) is 0.591. The molecule has 0 spiro atoms. The molecule has 0 radical (unpaired) electrons. The third kappa shape index (κ3) is 3.73. The van der Waals surface area contributed by atoms with Gasteiger partial charge in [0.2, 0.25) is 0 Å². The van der Waals surface area contributed by atoms with Crippen molar-refractivity contribution in [1.29, 1.82) is 0 Å². The number of alkyl halides is 1. The lowest BCUT2D eigenvalue weighted by Gasteiger charge is -2.35. The van der Waals surface area contributed by atoms with Gasteiger partial charge in [-0.15, -0.1) is 5.54 Å². The molecule has 1 saturated carbocycles. The lowest BCUT2D eigenvalue weighted by Crippen LogP contribution is -2.41. The minimum absolute atomic E-state index is 0.144. The van der Waals surface area contributed by atoms with E-state index in [1.165, 1.54) is 17.8 Å². The number of nitrogens with two attached hydrogens (primary N) is 1. The lowest BCUT2D eigenvalue weighted by molar-refractivity contribution is 0.260. The molecule has 0 amide bonds. The zero-order chi connectivity index (χ0) is 20.9. The van der Waals surface area contributed by atoms with Crippen molar-refractivity contribution in [3.8, 4) is 11.5 Å². The number of nitrogens with zero attached hydrogens (tertiary/aromatic N) is 3. The molecule has 2 N–H and O–H groups in total. The second-order valence-corrected chi connectivity index (χ2v) is 15.0. The Morgan fingerprint density at radius 1 is 1.38 bits per heavy atom. The topological polar surface area (TPSA) is 56.2 Å². The molecular weight excluding hydrogens is 406 g/mol. The van der Waals surface area contributed by atoms with Gasteiger partial charge in [0.25, 0.3) is 0 Å². The number of hydrogen-bond donors (Lipinski definition) is 1. The summed E-state index contributed by atoms with van der Waals surface area (Å²) in [4.78, 5) is 8.57. The molecule has 4 rings (SSSR count). The van der Waals surface area contributed by atoms with Crippen molar-refractivity contribution in [2.24, 2.45) is 16.6 Å². The van der Waals surface area contributed by atoms with Gasteiger partial charge in [-0.3, -0.25) is 0 Å². The summed E-state index contributed by atoms with van der Waals surface area (Å²) in [6.07, 6.45) is 6.03. The normalized spacial score (nSPS) is 28.2. The van der Waals surface area contributed by atoms with E-state index < -0.39 is 26.1 Å². The molecule has 1 aromatic carbocycles. The molecule has 2 aromatic rings. The second-order valence-electron chi connectivity index (χ2n) is 8.86. The molecular formula is C21H24F2N4SSi. The predicted molar refractivity (Wildman–Crippen MR) is 117 cm³/mol. The Morgan fingerprint density at radius 3 is 2.83 bits per heavy atom. The van der Waals surface area contributed by atoms with Gasteiger partial charge in [-0.1, -0.05) is 37.3 Å². The first-order chi connectivity index (χ1) is 13.7. The van der Waals surface area contributed by atoms with Crippen molar-refractivity contribution in [3.05, 3.63) is 53.9 Å². The maximum Gasteiger partial charge on any atom is 0.155 e. The lowest BCUT2D eigenvalue weighted by atomic mass is 9.84. The maximum absolute atomic E-state index is 14.9. The number of thioether (sulfide) groups is 1. The maximum atomic E-state index is 14.9. The Kier molecular flexibility index (Phi) is 4.86. The number of fused-ring (bicyclic) bond motifs is 1. The summed E-state index contributed by atoms with van der Waals surface area (Å²) in [7, 11) is -1.59. The van der Waals surface area contributed by atoms with Crippen LogP contribution in [-0.4, -0.2) is 34.2 Å². The summed E-state index contributed by atoms with van der Waals surface area (Å²) in [5.41, 5.74) is 9.05. The minimum atomic E-state index is -1.59. The van der Waals surface area contributed by atoms with E-state index in [-0.39, 0.29) is 16.2 Å². The number of amidine groups is 1. The Hall–Kier alpha value is -2.11. The molecule has 1 fully saturated rings. The Bertz CT molecular complexity index is 1020. The monoisotopic (exact) mass is 430 g/mol. The molecule has 152 valence electrons. The zero-order valence-electron chi connectivity index (χ0n) is 16.7. The van der Waals surface area contributed by atoms with Crippen molar-refractivity contribution in [3.63, 3.8) is 0 Å². The highest BCUT2D eigenvalue weighted by atomic mass is 32.2. The molecule has 0 bridgehead atoms. The Labute approximate surface area is 175 Å². The molecule has 0 unspecified atom stereocenters. The van der Waals surface area contributed by atoms with E-state index in [0.29, 0.717) is 23.7 Å². The highest BCUT2D eigenvalue weighted by Gasteiger charge is 2.68. The van der Waals surface area contributed by atoms with Crippen LogP contribution in [0.15, 0.2) is 41.9 Å². The van der Waals surface area contributed by atoms with Crippen LogP contribution in [0.4, 0.5) is 8.78 Å². The summed E-state index contributed by atoms with van der Waals surface area (Å²) in [6.45, 7) is 6.27. The van der Waals surface area contributed by atoms with E-state index in [2.05, 4.69) is 41.1 Å². The smallest absolute Gasteiger partial charge is 0.155 e. The van der Waals surface area contributed by atoms with Crippen LogP contribution in [-0.2, 0) is 12.1 Å². The Morgan fingerprint density at radius 2 is 2.17 bits per heavy atom. The van der Waals surface area contributed by atoms with E-state index in [1.807, 2.05) is 10.8 Å². The van der Waals surface area contributed by atoms with Crippen LogP contribution in [0.25, 0.3) is 0 Å². The fourth-order valence-electron chi connectivity index (χ4n) is 4.04. The first kappa shape index (κ1) is 20.2. The number of aromatic nitrogens is 2. The van der Waals surface area contributed by atoms with Crippen LogP contribution < -0.4 is 5.73 Å².